The first kappa shape index (κ1) is 18.6. The molecule has 1 aliphatic rings. The molecule has 0 radical (unpaired) electrons. The topological polar surface area (TPSA) is 56.7 Å². The molecule has 5 heteroatoms. The average molecular weight is 413 g/mol. The van der Waals surface area contributed by atoms with E-state index in [2.05, 4.69) is 21.5 Å². The van der Waals surface area contributed by atoms with Crippen LogP contribution in [-0.4, -0.2) is 24.2 Å². The van der Waals surface area contributed by atoms with Crippen molar-refractivity contribution in [3.63, 3.8) is 0 Å². The zero-order chi connectivity index (χ0) is 15.1. The first-order chi connectivity index (χ1) is 10.3. The summed E-state index contributed by atoms with van der Waals surface area (Å²) in [6.07, 6.45) is 9.80. The summed E-state index contributed by atoms with van der Waals surface area (Å²) in [4.78, 5) is 4.53. The van der Waals surface area contributed by atoms with Gasteiger partial charge in [0.25, 0.3) is 0 Å². The number of nitrogens with one attached hydrogen (secondary N) is 2. The smallest absolute Gasteiger partial charge is 0.192 e. The minimum atomic E-state index is 0. The van der Waals surface area contributed by atoms with Crippen molar-refractivity contribution < 1.29 is 5.11 Å². The number of fused-ring (bicyclic) bond motifs is 1. The lowest BCUT2D eigenvalue weighted by molar-refractivity contribution is 0.465. The van der Waals surface area contributed by atoms with Crippen LogP contribution < -0.4 is 10.6 Å². The average Bonchev–Trinajstić information content (AvgIpc) is 2.51. The van der Waals surface area contributed by atoms with E-state index < -0.39 is 0 Å². The first-order valence-electron chi connectivity index (χ1n) is 7.54. The molecule has 0 heterocycles. The molecule has 0 aliphatic heterocycles. The highest BCUT2D eigenvalue weighted by Gasteiger charge is 2.16. The molecular weight excluding hydrogens is 389 g/mol. The molecule has 0 aromatic heterocycles. The normalized spacial score (nSPS) is 13.5. The Morgan fingerprint density at radius 1 is 1.32 bits per heavy atom. The Morgan fingerprint density at radius 3 is 2.82 bits per heavy atom. The summed E-state index contributed by atoms with van der Waals surface area (Å²) in [5.41, 5.74) is 3.58. The lowest BCUT2D eigenvalue weighted by Crippen LogP contribution is -2.37. The molecule has 0 bridgehead atoms. The molecule has 0 amide bonds. The lowest BCUT2D eigenvalue weighted by Gasteiger charge is -2.20. The zero-order valence-electron chi connectivity index (χ0n) is 13.0. The van der Waals surface area contributed by atoms with Crippen LogP contribution in [0.3, 0.4) is 0 Å². The molecule has 120 valence electrons. The quantitative estimate of drug-likeness (QED) is 0.308. The Hall–Kier alpha value is -1.42. The number of hydrogen-bond donors (Lipinski definition) is 3. The maximum atomic E-state index is 10.1. The molecule has 0 unspecified atom stereocenters. The number of benzene rings is 1. The van der Waals surface area contributed by atoms with Gasteiger partial charge in [0.05, 0.1) is 13.1 Å². The number of aromatic hydroxyl groups is 1. The lowest BCUT2D eigenvalue weighted by atomic mass is 9.88. The third-order valence-corrected chi connectivity index (χ3v) is 3.72. The van der Waals surface area contributed by atoms with Gasteiger partial charge in [-0.3, -0.25) is 0 Å². The molecule has 3 N–H and O–H groups in total. The maximum Gasteiger partial charge on any atom is 0.192 e. The van der Waals surface area contributed by atoms with E-state index >= 15 is 0 Å². The van der Waals surface area contributed by atoms with Crippen LogP contribution in [0.1, 0.15) is 36.5 Å². The van der Waals surface area contributed by atoms with E-state index in [0.29, 0.717) is 24.8 Å². The summed E-state index contributed by atoms with van der Waals surface area (Å²) >= 11 is 0. The molecule has 0 fully saturated rings. The Morgan fingerprint density at radius 2 is 2.09 bits per heavy atom. The fourth-order valence-electron chi connectivity index (χ4n) is 2.70. The molecule has 0 spiro atoms. The Bertz CT molecular complexity index is 564. The van der Waals surface area contributed by atoms with Gasteiger partial charge in [-0.2, -0.15) is 0 Å². The van der Waals surface area contributed by atoms with Crippen LogP contribution in [0.15, 0.2) is 17.1 Å². The number of nitrogens with zero attached hydrogens (tertiary/aromatic N) is 1. The van der Waals surface area contributed by atoms with E-state index in [1.165, 1.54) is 24.0 Å². The van der Waals surface area contributed by atoms with Gasteiger partial charge in [0.2, 0.25) is 0 Å². The largest absolute Gasteiger partial charge is 0.508 e. The van der Waals surface area contributed by atoms with Crippen molar-refractivity contribution >= 4 is 29.9 Å². The summed E-state index contributed by atoms with van der Waals surface area (Å²) in [6.45, 7) is 3.68. The Labute approximate surface area is 149 Å². The highest BCUT2D eigenvalue weighted by Crippen LogP contribution is 2.30. The molecule has 2 rings (SSSR count). The third kappa shape index (κ3) is 4.80. The van der Waals surface area contributed by atoms with Crippen LogP contribution in [0.4, 0.5) is 0 Å². The second kappa shape index (κ2) is 9.57. The van der Waals surface area contributed by atoms with Crippen molar-refractivity contribution in [3.05, 3.63) is 28.8 Å². The van der Waals surface area contributed by atoms with Crippen LogP contribution in [0, 0.1) is 12.3 Å². The fraction of sp³-hybridized carbons (Fsp3) is 0.471. The highest BCUT2D eigenvalue weighted by molar-refractivity contribution is 14.0. The standard InChI is InChI=1S/C17H23N3O.HI/c1-3-11-19-17(18-4-2)20-12-15-14-8-6-5-7-13(14)9-10-16(15)21;/h1,9-10,21H,4-8,11-12H2,2H3,(H2,18,19,20);1H. The van der Waals surface area contributed by atoms with Crippen molar-refractivity contribution in [2.24, 2.45) is 4.99 Å². The molecular formula is C17H24IN3O. The molecule has 0 saturated heterocycles. The number of phenolic OH excluding ortho intramolecular Hbond substituents is 1. The minimum Gasteiger partial charge on any atom is -0.508 e. The van der Waals surface area contributed by atoms with Gasteiger partial charge in [-0.1, -0.05) is 12.0 Å². The minimum absolute atomic E-state index is 0. The number of aryl methyl sites for hydroxylation is 1. The van der Waals surface area contributed by atoms with E-state index in [9.17, 15) is 5.11 Å². The summed E-state index contributed by atoms with van der Waals surface area (Å²) < 4.78 is 0. The maximum absolute atomic E-state index is 10.1. The van der Waals surface area contributed by atoms with Gasteiger partial charge < -0.3 is 15.7 Å². The summed E-state index contributed by atoms with van der Waals surface area (Å²) in [6, 6.07) is 3.83. The monoisotopic (exact) mass is 413 g/mol. The second-order valence-electron chi connectivity index (χ2n) is 5.16. The van der Waals surface area contributed by atoms with E-state index in [4.69, 9.17) is 6.42 Å². The number of aliphatic imine (C=N–C) groups is 1. The summed E-state index contributed by atoms with van der Waals surface area (Å²) in [5.74, 6) is 3.56. The van der Waals surface area contributed by atoms with E-state index in [0.717, 1.165) is 24.9 Å². The number of guanidine groups is 1. The van der Waals surface area contributed by atoms with Crippen molar-refractivity contribution in [1.29, 1.82) is 0 Å². The molecule has 1 aromatic carbocycles. The predicted octanol–water partition coefficient (Wildman–Crippen LogP) is 2.58. The van der Waals surface area contributed by atoms with Crippen molar-refractivity contribution in [3.8, 4) is 18.1 Å². The molecule has 1 aromatic rings. The highest BCUT2D eigenvalue weighted by atomic mass is 127. The molecule has 0 saturated carbocycles. The van der Waals surface area contributed by atoms with E-state index in [-0.39, 0.29) is 24.0 Å². The SMILES string of the molecule is C#CCNC(=NCc1c(O)ccc2c1CCCC2)NCC.I. The Balaban J connectivity index is 0.00000242. The molecule has 0 atom stereocenters. The van der Waals surface area contributed by atoms with Gasteiger partial charge in [-0.15, -0.1) is 30.4 Å². The zero-order valence-corrected chi connectivity index (χ0v) is 15.3. The van der Waals surface area contributed by atoms with Gasteiger partial charge in [0, 0.05) is 12.1 Å². The van der Waals surface area contributed by atoms with Gasteiger partial charge in [-0.05, 0) is 49.8 Å². The molecule has 22 heavy (non-hydrogen) atoms. The van der Waals surface area contributed by atoms with Crippen LogP contribution in [0.2, 0.25) is 0 Å². The van der Waals surface area contributed by atoms with Gasteiger partial charge in [-0.25, -0.2) is 4.99 Å². The van der Waals surface area contributed by atoms with Crippen molar-refractivity contribution in [1.82, 2.24) is 10.6 Å². The number of rotatable bonds is 4. The number of halogens is 1. The molecule has 4 nitrogen and oxygen atoms in total. The Kier molecular flexibility index (Phi) is 8.10. The molecule has 1 aliphatic carbocycles. The third-order valence-electron chi connectivity index (χ3n) is 3.72. The summed E-state index contributed by atoms with van der Waals surface area (Å²) in [7, 11) is 0. The number of terminal acetylenes is 1. The van der Waals surface area contributed by atoms with Crippen LogP contribution >= 0.6 is 24.0 Å². The number of phenols is 1. The number of hydrogen-bond acceptors (Lipinski definition) is 2. The van der Waals surface area contributed by atoms with Gasteiger partial charge >= 0.3 is 0 Å². The van der Waals surface area contributed by atoms with Crippen molar-refractivity contribution in [2.45, 2.75) is 39.2 Å². The van der Waals surface area contributed by atoms with Gasteiger partial charge in [0.15, 0.2) is 5.96 Å². The van der Waals surface area contributed by atoms with Gasteiger partial charge in [0.1, 0.15) is 5.75 Å². The fourth-order valence-corrected chi connectivity index (χ4v) is 2.70. The first-order valence-corrected chi connectivity index (χ1v) is 7.54. The predicted molar refractivity (Wildman–Crippen MR) is 102 cm³/mol. The van der Waals surface area contributed by atoms with Crippen molar-refractivity contribution in [2.75, 3.05) is 13.1 Å². The van der Waals surface area contributed by atoms with Crippen LogP contribution in [0.25, 0.3) is 0 Å². The van der Waals surface area contributed by atoms with E-state index in [1.54, 1.807) is 6.07 Å². The van der Waals surface area contributed by atoms with Crippen LogP contribution in [0.5, 0.6) is 5.75 Å². The summed E-state index contributed by atoms with van der Waals surface area (Å²) in [5, 5.41) is 16.4. The van der Waals surface area contributed by atoms with E-state index in [1.807, 2.05) is 13.0 Å². The van der Waals surface area contributed by atoms with Crippen LogP contribution in [-0.2, 0) is 19.4 Å². The second-order valence-corrected chi connectivity index (χ2v) is 5.16.